The van der Waals surface area contributed by atoms with Crippen molar-refractivity contribution in [1.29, 1.82) is 0 Å². The molecule has 1 amide bonds. The number of amides is 1. The number of rotatable bonds is 5. The Morgan fingerprint density at radius 3 is 2.76 bits per heavy atom. The third-order valence-corrected chi connectivity index (χ3v) is 2.58. The predicted molar refractivity (Wildman–Crippen MR) is 70.2 cm³/mol. The number of nitrogens with zero attached hydrogens (tertiary/aromatic N) is 1. The van der Waals surface area contributed by atoms with Crippen LogP contribution in [0.3, 0.4) is 0 Å². The Balaban J connectivity index is 2.82. The summed E-state index contributed by atoms with van der Waals surface area (Å²) in [7, 11) is 1.60. The number of nitrogens with one attached hydrogen (secondary N) is 2. The van der Waals surface area contributed by atoms with Crippen LogP contribution >= 0.6 is 0 Å². The number of hydrogen-bond acceptors (Lipinski definition) is 3. The Bertz CT molecular complexity index is 388. The average Bonchev–Trinajstić information content (AvgIpc) is 2.27. The van der Waals surface area contributed by atoms with Gasteiger partial charge >= 0.3 is 0 Å². The van der Waals surface area contributed by atoms with Gasteiger partial charge in [-0.15, -0.1) is 0 Å². The number of anilines is 1. The molecule has 17 heavy (non-hydrogen) atoms. The van der Waals surface area contributed by atoms with Gasteiger partial charge in [-0.1, -0.05) is 13.3 Å². The second kappa shape index (κ2) is 5.66. The maximum atomic E-state index is 11.5. The van der Waals surface area contributed by atoms with Gasteiger partial charge in [0.15, 0.2) is 0 Å². The molecule has 0 saturated carbocycles. The zero-order valence-electron chi connectivity index (χ0n) is 11.0. The Labute approximate surface area is 103 Å². The topological polar surface area (TPSA) is 54.0 Å². The molecule has 1 heterocycles. The van der Waals surface area contributed by atoms with E-state index in [4.69, 9.17) is 0 Å². The van der Waals surface area contributed by atoms with Crippen LogP contribution in [0, 0.1) is 0 Å². The maximum absolute atomic E-state index is 11.5. The number of hydrogen-bond donors (Lipinski definition) is 2. The molecule has 1 aromatic heterocycles. The Hall–Kier alpha value is -1.58. The van der Waals surface area contributed by atoms with Crippen LogP contribution in [-0.2, 0) is 0 Å². The summed E-state index contributed by atoms with van der Waals surface area (Å²) in [5, 5.41) is 5.99. The highest BCUT2D eigenvalue weighted by Gasteiger charge is 2.16. The van der Waals surface area contributed by atoms with E-state index in [-0.39, 0.29) is 11.4 Å². The first-order valence-corrected chi connectivity index (χ1v) is 5.95. The van der Waals surface area contributed by atoms with E-state index in [2.05, 4.69) is 36.4 Å². The largest absolute Gasteiger partial charge is 0.380 e. The van der Waals surface area contributed by atoms with Crippen molar-refractivity contribution in [2.75, 3.05) is 12.4 Å². The van der Waals surface area contributed by atoms with Gasteiger partial charge in [-0.05, 0) is 32.4 Å². The molecule has 4 heteroatoms. The molecule has 1 aromatic rings. The van der Waals surface area contributed by atoms with Crippen molar-refractivity contribution >= 4 is 11.6 Å². The van der Waals surface area contributed by atoms with Crippen LogP contribution in [0.1, 0.15) is 44.1 Å². The van der Waals surface area contributed by atoms with Crippen LogP contribution in [0.4, 0.5) is 5.69 Å². The standard InChI is InChI=1S/C13H21N3O/c1-5-7-13(2,3)16-10-6-8-15-11(9-10)12(17)14-4/h6,8-9H,5,7H2,1-4H3,(H,14,17)(H,15,16). The van der Waals surface area contributed by atoms with Crippen molar-refractivity contribution in [2.24, 2.45) is 0 Å². The Morgan fingerprint density at radius 2 is 2.18 bits per heavy atom. The maximum Gasteiger partial charge on any atom is 0.269 e. The first kappa shape index (κ1) is 13.5. The van der Waals surface area contributed by atoms with Crippen molar-refractivity contribution < 1.29 is 4.79 Å². The van der Waals surface area contributed by atoms with E-state index in [1.165, 1.54) is 0 Å². The molecule has 0 aliphatic carbocycles. The molecule has 0 spiro atoms. The van der Waals surface area contributed by atoms with Crippen LogP contribution in [0.15, 0.2) is 18.3 Å². The number of pyridine rings is 1. The molecule has 0 saturated heterocycles. The highest BCUT2D eigenvalue weighted by atomic mass is 16.1. The molecule has 4 nitrogen and oxygen atoms in total. The number of carbonyl (C=O) groups is 1. The Morgan fingerprint density at radius 1 is 1.47 bits per heavy atom. The molecular weight excluding hydrogens is 214 g/mol. The van der Waals surface area contributed by atoms with Gasteiger partial charge in [0.05, 0.1) is 0 Å². The first-order chi connectivity index (χ1) is 7.98. The summed E-state index contributed by atoms with van der Waals surface area (Å²) < 4.78 is 0. The van der Waals surface area contributed by atoms with Crippen LogP contribution < -0.4 is 10.6 Å². The third-order valence-electron chi connectivity index (χ3n) is 2.58. The molecule has 1 rings (SSSR count). The monoisotopic (exact) mass is 235 g/mol. The number of carbonyl (C=O) groups excluding carboxylic acids is 1. The SMILES string of the molecule is CCCC(C)(C)Nc1ccnc(C(=O)NC)c1. The lowest BCUT2D eigenvalue weighted by molar-refractivity contribution is 0.0958. The molecule has 0 aromatic carbocycles. The van der Waals surface area contributed by atoms with E-state index in [9.17, 15) is 4.79 Å². The van der Waals surface area contributed by atoms with Crippen molar-refractivity contribution in [1.82, 2.24) is 10.3 Å². The highest BCUT2D eigenvalue weighted by molar-refractivity contribution is 5.92. The summed E-state index contributed by atoms with van der Waals surface area (Å²) in [6.07, 6.45) is 3.84. The minimum absolute atomic E-state index is 0.0239. The van der Waals surface area contributed by atoms with Gasteiger partial charge in [0.2, 0.25) is 0 Å². The molecular formula is C13H21N3O. The van der Waals surface area contributed by atoms with Gasteiger partial charge in [-0.2, -0.15) is 0 Å². The molecule has 0 unspecified atom stereocenters. The molecule has 0 aliphatic heterocycles. The van der Waals surface area contributed by atoms with Crippen LogP contribution in [0.25, 0.3) is 0 Å². The third kappa shape index (κ3) is 4.06. The highest BCUT2D eigenvalue weighted by Crippen LogP contribution is 2.19. The summed E-state index contributed by atoms with van der Waals surface area (Å²) in [6.45, 7) is 6.46. The smallest absolute Gasteiger partial charge is 0.269 e. The van der Waals surface area contributed by atoms with Crippen LogP contribution in [0.5, 0.6) is 0 Å². The van der Waals surface area contributed by atoms with E-state index >= 15 is 0 Å². The summed E-state index contributed by atoms with van der Waals surface area (Å²) in [5.41, 5.74) is 1.39. The Kier molecular flexibility index (Phi) is 4.49. The molecule has 0 bridgehead atoms. The zero-order chi connectivity index (χ0) is 12.9. The van der Waals surface area contributed by atoms with Gasteiger partial charge in [-0.3, -0.25) is 9.78 Å². The van der Waals surface area contributed by atoms with Crippen LogP contribution in [-0.4, -0.2) is 23.5 Å². The van der Waals surface area contributed by atoms with Gasteiger partial charge in [0.1, 0.15) is 5.69 Å². The van der Waals surface area contributed by atoms with Crippen molar-refractivity contribution in [3.05, 3.63) is 24.0 Å². The second-order valence-corrected chi connectivity index (χ2v) is 4.77. The molecule has 0 atom stereocenters. The van der Waals surface area contributed by atoms with Crippen molar-refractivity contribution in [3.8, 4) is 0 Å². The van der Waals surface area contributed by atoms with E-state index in [0.717, 1.165) is 18.5 Å². The summed E-state index contributed by atoms with van der Waals surface area (Å²) in [4.78, 5) is 15.5. The van der Waals surface area contributed by atoms with Crippen molar-refractivity contribution in [2.45, 2.75) is 39.2 Å². The average molecular weight is 235 g/mol. The molecule has 0 radical (unpaired) electrons. The van der Waals surface area contributed by atoms with E-state index in [0.29, 0.717) is 5.69 Å². The summed E-state index contributed by atoms with van der Waals surface area (Å²) in [6, 6.07) is 3.65. The van der Waals surface area contributed by atoms with E-state index < -0.39 is 0 Å². The second-order valence-electron chi connectivity index (χ2n) is 4.77. The lowest BCUT2D eigenvalue weighted by Gasteiger charge is -2.27. The quantitative estimate of drug-likeness (QED) is 0.824. The molecule has 0 aliphatic rings. The molecule has 2 N–H and O–H groups in total. The van der Waals surface area contributed by atoms with Gasteiger partial charge in [0.25, 0.3) is 5.91 Å². The fourth-order valence-electron chi connectivity index (χ4n) is 1.84. The lowest BCUT2D eigenvalue weighted by atomic mass is 9.98. The molecule has 94 valence electrons. The zero-order valence-corrected chi connectivity index (χ0v) is 11.0. The first-order valence-electron chi connectivity index (χ1n) is 5.95. The molecule has 0 fully saturated rings. The fourth-order valence-corrected chi connectivity index (χ4v) is 1.84. The summed E-state index contributed by atoms with van der Waals surface area (Å²) >= 11 is 0. The fraction of sp³-hybridized carbons (Fsp3) is 0.538. The predicted octanol–water partition coefficient (Wildman–Crippen LogP) is 2.43. The van der Waals surface area contributed by atoms with Gasteiger partial charge in [-0.25, -0.2) is 0 Å². The van der Waals surface area contributed by atoms with E-state index in [1.807, 2.05) is 6.07 Å². The minimum atomic E-state index is -0.165. The number of aromatic nitrogens is 1. The van der Waals surface area contributed by atoms with Gasteiger partial charge in [0, 0.05) is 24.5 Å². The minimum Gasteiger partial charge on any atom is -0.380 e. The van der Waals surface area contributed by atoms with Gasteiger partial charge < -0.3 is 10.6 Å². The summed E-state index contributed by atoms with van der Waals surface area (Å²) in [5.74, 6) is -0.165. The van der Waals surface area contributed by atoms with Crippen molar-refractivity contribution in [3.63, 3.8) is 0 Å². The van der Waals surface area contributed by atoms with Crippen LogP contribution in [0.2, 0.25) is 0 Å². The lowest BCUT2D eigenvalue weighted by Crippen LogP contribution is -2.30. The normalized spacial score (nSPS) is 11.1. The van der Waals surface area contributed by atoms with E-state index in [1.54, 1.807) is 19.3 Å².